The summed E-state index contributed by atoms with van der Waals surface area (Å²) in [6.45, 7) is 4.18. The number of nitrogens with one attached hydrogen (secondary N) is 1. The van der Waals surface area contributed by atoms with Gasteiger partial charge in [0.1, 0.15) is 22.5 Å². The third-order valence-electron chi connectivity index (χ3n) is 7.10. The molecule has 1 aliphatic carbocycles. The van der Waals surface area contributed by atoms with Gasteiger partial charge in [-0.15, -0.1) is 11.3 Å². The molecule has 4 aromatic rings. The van der Waals surface area contributed by atoms with Gasteiger partial charge in [0.25, 0.3) is 5.91 Å². The van der Waals surface area contributed by atoms with E-state index in [4.69, 9.17) is 4.74 Å². The minimum atomic E-state index is -0.591. The molecule has 0 bridgehead atoms. The maximum absolute atomic E-state index is 14.5. The van der Waals surface area contributed by atoms with Crippen molar-refractivity contribution in [3.63, 3.8) is 0 Å². The van der Waals surface area contributed by atoms with Crippen molar-refractivity contribution >= 4 is 45.2 Å². The average molecular weight is 542 g/mol. The number of aromatic nitrogens is 1. The molecule has 0 spiro atoms. The summed E-state index contributed by atoms with van der Waals surface area (Å²) in [5.41, 5.74) is 4.19. The Morgan fingerprint density at radius 2 is 1.90 bits per heavy atom. The van der Waals surface area contributed by atoms with E-state index in [9.17, 15) is 19.2 Å². The zero-order valence-corrected chi connectivity index (χ0v) is 22.7. The van der Waals surface area contributed by atoms with Crippen molar-refractivity contribution in [3.8, 4) is 6.07 Å². The molecule has 0 saturated carbocycles. The van der Waals surface area contributed by atoms with Crippen molar-refractivity contribution in [2.45, 2.75) is 46.1 Å². The molecule has 198 valence electrons. The molecule has 8 heteroatoms. The molecule has 2 heterocycles. The van der Waals surface area contributed by atoms with Gasteiger partial charge in [-0.25, -0.2) is 9.18 Å². The van der Waals surface area contributed by atoms with Crippen LogP contribution in [-0.2, 0) is 28.9 Å². The zero-order chi connectivity index (χ0) is 27.5. The number of nitrogens with zero attached hydrogens (tertiary/aromatic N) is 2. The molecular weight excluding hydrogens is 513 g/mol. The van der Waals surface area contributed by atoms with Crippen molar-refractivity contribution in [2.75, 3.05) is 11.9 Å². The van der Waals surface area contributed by atoms with E-state index >= 15 is 0 Å². The number of benzene rings is 2. The third-order valence-corrected chi connectivity index (χ3v) is 8.30. The van der Waals surface area contributed by atoms with E-state index in [-0.39, 0.29) is 18.0 Å². The number of hydrogen-bond donors (Lipinski definition) is 1. The van der Waals surface area contributed by atoms with Gasteiger partial charge in [-0.2, -0.15) is 5.26 Å². The highest BCUT2D eigenvalue weighted by Crippen LogP contribution is 2.39. The van der Waals surface area contributed by atoms with Crippen LogP contribution in [0.2, 0.25) is 0 Å². The molecule has 39 heavy (non-hydrogen) atoms. The number of halogens is 1. The lowest BCUT2D eigenvalue weighted by molar-refractivity contribution is -0.112. The number of esters is 1. The summed E-state index contributed by atoms with van der Waals surface area (Å²) in [7, 11) is 0. The van der Waals surface area contributed by atoms with Crippen LogP contribution in [0.15, 0.2) is 54.1 Å². The zero-order valence-electron chi connectivity index (χ0n) is 21.8. The first-order chi connectivity index (χ1) is 18.9. The van der Waals surface area contributed by atoms with Gasteiger partial charge in [0.05, 0.1) is 18.7 Å². The van der Waals surface area contributed by atoms with Crippen LogP contribution >= 0.6 is 11.3 Å². The molecule has 0 saturated heterocycles. The number of carbonyl (C=O) groups is 2. The highest BCUT2D eigenvalue weighted by atomic mass is 32.1. The number of rotatable bonds is 7. The maximum Gasteiger partial charge on any atom is 0.341 e. The molecule has 2 aromatic heterocycles. The number of aryl methyl sites for hydroxylation is 1. The van der Waals surface area contributed by atoms with Crippen LogP contribution in [0, 0.1) is 24.1 Å². The molecule has 5 rings (SSSR count). The summed E-state index contributed by atoms with van der Waals surface area (Å²) in [6.07, 6.45) is 5.19. The fourth-order valence-electron chi connectivity index (χ4n) is 5.18. The monoisotopic (exact) mass is 541 g/mol. The number of ether oxygens (including phenoxy) is 1. The fraction of sp³-hybridized carbons (Fsp3) is 0.258. The summed E-state index contributed by atoms with van der Waals surface area (Å²) in [4.78, 5) is 27.3. The molecular formula is C31H28FN3O3S. The van der Waals surface area contributed by atoms with E-state index in [0.29, 0.717) is 28.2 Å². The Morgan fingerprint density at radius 1 is 1.15 bits per heavy atom. The quantitative estimate of drug-likeness (QED) is 0.158. The number of fused-ring (bicyclic) bond motifs is 2. The summed E-state index contributed by atoms with van der Waals surface area (Å²) < 4.78 is 21.7. The van der Waals surface area contributed by atoms with E-state index in [2.05, 4.69) is 5.32 Å². The molecule has 0 atom stereocenters. The van der Waals surface area contributed by atoms with Crippen LogP contribution in [0.25, 0.3) is 17.0 Å². The Balaban J connectivity index is 1.52. The summed E-state index contributed by atoms with van der Waals surface area (Å²) >= 11 is 1.38. The lowest BCUT2D eigenvalue weighted by atomic mass is 9.95. The van der Waals surface area contributed by atoms with E-state index in [1.165, 1.54) is 17.4 Å². The standard InChI is InChI=1S/C31H28FN3O3S/c1-3-38-31(37)28-23-12-6-9-15-27(23)39-30(28)34-29(36)21(17-33)16-24-19(2)35(26-14-8-5-11-22(24)26)18-20-10-4-7-13-25(20)32/h4-5,7-8,10-11,13-14,16H,3,6,9,12,15,18H2,1-2H3,(H,34,36)/b21-16+. The second-order valence-electron chi connectivity index (χ2n) is 9.45. The van der Waals surface area contributed by atoms with E-state index in [1.807, 2.05) is 41.8 Å². The highest BCUT2D eigenvalue weighted by Gasteiger charge is 2.28. The van der Waals surface area contributed by atoms with Crippen LogP contribution in [0.1, 0.15) is 57.4 Å². The number of carbonyl (C=O) groups excluding carboxylic acids is 2. The lowest BCUT2D eigenvalue weighted by Crippen LogP contribution is -2.16. The van der Waals surface area contributed by atoms with Gasteiger partial charge in [0.15, 0.2) is 0 Å². The van der Waals surface area contributed by atoms with E-state index in [0.717, 1.165) is 52.7 Å². The Kier molecular flexibility index (Phi) is 7.62. The van der Waals surface area contributed by atoms with Crippen LogP contribution in [-0.4, -0.2) is 23.1 Å². The second kappa shape index (κ2) is 11.3. The molecule has 1 amide bonds. The molecule has 6 nitrogen and oxygen atoms in total. The molecule has 1 aliphatic rings. The van der Waals surface area contributed by atoms with Crippen molar-refractivity contribution in [2.24, 2.45) is 0 Å². The number of nitriles is 1. The van der Waals surface area contributed by atoms with Gasteiger partial charge >= 0.3 is 5.97 Å². The molecule has 1 N–H and O–H groups in total. The van der Waals surface area contributed by atoms with E-state index < -0.39 is 11.9 Å². The average Bonchev–Trinajstić information content (AvgIpc) is 3.43. The Morgan fingerprint density at radius 3 is 2.67 bits per heavy atom. The van der Waals surface area contributed by atoms with Crippen LogP contribution in [0.5, 0.6) is 0 Å². The molecule has 2 aromatic carbocycles. The van der Waals surface area contributed by atoms with Crippen molar-refractivity contribution < 1.29 is 18.7 Å². The number of para-hydroxylation sites is 1. The molecule has 0 fully saturated rings. The minimum Gasteiger partial charge on any atom is -0.462 e. The van der Waals surface area contributed by atoms with Crippen molar-refractivity contribution in [1.29, 1.82) is 5.26 Å². The predicted octanol–water partition coefficient (Wildman–Crippen LogP) is 6.80. The van der Waals surface area contributed by atoms with E-state index in [1.54, 1.807) is 31.2 Å². The first kappa shape index (κ1) is 26.4. The molecule has 0 radical (unpaired) electrons. The molecule has 0 aliphatic heterocycles. The fourth-order valence-corrected chi connectivity index (χ4v) is 6.45. The Hall–Kier alpha value is -4.22. The number of anilines is 1. The first-order valence-electron chi connectivity index (χ1n) is 13.0. The second-order valence-corrected chi connectivity index (χ2v) is 10.6. The number of amides is 1. The SMILES string of the molecule is CCOC(=O)c1c(NC(=O)/C(C#N)=C/c2c(C)n(Cc3ccccc3F)c3ccccc23)sc2c1CCCC2. The number of hydrogen-bond acceptors (Lipinski definition) is 5. The van der Waals surface area contributed by atoms with Gasteiger partial charge in [-0.05, 0) is 63.3 Å². The smallest absolute Gasteiger partial charge is 0.341 e. The van der Waals surface area contributed by atoms with Gasteiger partial charge in [-0.1, -0.05) is 36.4 Å². The van der Waals surface area contributed by atoms with Crippen molar-refractivity contribution in [3.05, 3.63) is 92.7 Å². The van der Waals surface area contributed by atoms with Crippen LogP contribution < -0.4 is 5.32 Å². The Bertz CT molecular complexity index is 1660. The Labute approximate surface area is 230 Å². The van der Waals surface area contributed by atoms with Crippen LogP contribution in [0.4, 0.5) is 9.39 Å². The minimum absolute atomic E-state index is 0.0897. The lowest BCUT2D eigenvalue weighted by Gasteiger charge is -2.12. The van der Waals surface area contributed by atoms with Gasteiger partial charge in [0.2, 0.25) is 0 Å². The largest absolute Gasteiger partial charge is 0.462 e. The van der Waals surface area contributed by atoms with Crippen LogP contribution in [0.3, 0.4) is 0 Å². The first-order valence-corrected chi connectivity index (χ1v) is 13.8. The predicted molar refractivity (Wildman–Crippen MR) is 151 cm³/mol. The van der Waals surface area contributed by atoms with Gasteiger partial charge in [-0.3, -0.25) is 4.79 Å². The normalized spacial score (nSPS) is 13.1. The topological polar surface area (TPSA) is 84.1 Å². The summed E-state index contributed by atoms with van der Waals surface area (Å²) in [5.74, 6) is -1.34. The van der Waals surface area contributed by atoms with Crippen molar-refractivity contribution in [1.82, 2.24) is 4.57 Å². The summed E-state index contributed by atoms with van der Waals surface area (Å²) in [6, 6.07) is 16.3. The third kappa shape index (κ3) is 5.10. The van der Waals surface area contributed by atoms with Gasteiger partial charge < -0.3 is 14.6 Å². The van der Waals surface area contributed by atoms with Gasteiger partial charge in [0, 0.05) is 32.6 Å². The highest BCUT2D eigenvalue weighted by molar-refractivity contribution is 7.17. The summed E-state index contributed by atoms with van der Waals surface area (Å²) in [5, 5.41) is 14.1. The maximum atomic E-state index is 14.5. The number of thiophene rings is 1. The molecule has 0 unspecified atom stereocenters.